The highest BCUT2D eigenvalue weighted by Crippen LogP contribution is 2.28. The predicted octanol–water partition coefficient (Wildman–Crippen LogP) is 5.01. The second-order valence-electron chi connectivity index (χ2n) is 4.55. The van der Waals surface area contributed by atoms with Gasteiger partial charge in [0.15, 0.2) is 0 Å². The van der Waals surface area contributed by atoms with Crippen molar-refractivity contribution in [3.63, 3.8) is 0 Å². The van der Waals surface area contributed by atoms with E-state index in [9.17, 15) is 4.79 Å². The molecule has 3 aromatic carbocycles. The molecule has 2 heteroatoms. The van der Waals surface area contributed by atoms with E-state index in [0.717, 1.165) is 27.1 Å². The third-order valence-electron chi connectivity index (χ3n) is 3.34. The van der Waals surface area contributed by atoms with E-state index in [1.807, 2.05) is 69.3 Å². The van der Waals surface area contributed by atoms with E-state index in [0.29, 0.717) is 6.54 Å². The van der Waals surface area contributed by atoms with E-state index in [4.69, 9.17) is 0 Å². The molecule has 0 saturated heterocycles. The van der Waals surface area contributed by atoms with Crippen LogP contribution in [0.25, 0.3) is 21.5 Å². The van der Waals surface area contributed by atoms with Crippen molar-refractivity contribution in [1.29, 1.82) is 0 Å². The van der Waals surface area contributed by atoms with Gasteiger partial charge in [-0.15, -0.1) is 0 Å². The van der Waals surface area contributed by atoms with Gasteiger partial charge in [-0.2, -0.15) is 0 Å². The van der Waals surface area contributed by atoms with Crippen molar-refractivity contribution in [2.75, 3.05) is 6.54 Å². The smallest absolute Gasteiger partial charge is 0.252 e. The zero-order valence-corrected chi connectivity index (χ0v) is 12.8. The average molecular weight is 281 g/mol. The number of amides is 1. The number of benzene rings is 3. The number of carbonyl (C=O) groups excluding carboxylic acids is 1. The maximum atomic E-state index is 12.4. The van der Waals surface area contributed by atoms with Crippen LogP contribution in [0, 0.1) is 0 Å². The molecular weight excluding hydrogens is 258 g/mol. The summed E-state index contributed by atoms with van der Waals surface area (Å²) in [6, 6.07) is 18.2. The molecule has 21 heavy (non-hydrogen) atoms. The van der Waals surface area contributed by atoms with Crippen LogP contribution < -0.4 is 5.32 Å². The monoisotopic (exact) mass is 281 g/mol. The number of hydrogen-bond donors (Lipinski definition) is 1. The van der Waals surface area contributed by atoms with Gasteiger partial charge >= 0.3 is 0 Å². The van der Waals surface area contributed by atoms with Crippen LogP contribution in [0.15, 0.2) is 54.6 Å². The molecule has 1 N–H and O–H groups in total. The summed E-state index contributed by atoms with van der Waals surface area (Å²) in [4.78, 5) is 12.4. The summed E-state index contributed by atoms with van der Waals surface area (Å²) in [5, 5.41) is 7.12. The minimum atomic E-state index is -0.00417. The van der Waals surface area contributed by atoms with Crippen molar-refractivity contribution in [2.45, 2.75) is 20.8 Å². The lowest BCUT2D eigenvalue weighted by Crippen LogP contribution is -2.23. The molecule has 0 spiro atoms. The van der Waals surface area contributed by atoms with Gasteiger partial charge in [0.2, 0.25) is 0 Å². The van der Waals surface area contributed by atoms with Gasteiger partial charge in [0.05, 0.1) is 5.56 Å². The normalized spacial score (nSPS) is 10.0. The lowest BCUT2D eigenvalue weighted by molar-refractivity contribution is 0.0959. The first-order valence-corrected chi connectivity index (χ1v) is 7.50. The highest BCUT2D eigenvalue weighted by atomic mass is 16.1. The van der Waals surface area contributed by atoms with Gasteiger partial charge in [-0.05, 0) is 34.5 Å². The second-order valence-corrected chi connectivity index (χ2v) is 4.55. The summed E-state index contributed by atoms with van der Waals surface area (Å²) in [6.07, 6.45) is 0. The summed E-state index contributed by atoms with van der Waals surface area (Å²) in [7, 11) is 0. The third kappa shape index (κ3) is 2.89. The standard InChI is InChI=1S/C17H15NO.C2H6.H2/c1-2-18-17(19)16-14-9-5-3-7-12(14)11-13-8-4-6-10-15(13)16;1-2;/h3-11H,2H2,1H3,(H,18,19);1-2H3;1H. The van der Waals surface area contributed by atoms with Crippen molar-refractivity contribution in [1.82, 2.24) is 5.32 Å². The van der Waals surface area contributed by atoms with Crippen LogP contribution in [0.1, 0.15) is 32.6 Å². The lowest BCUT2D eigenvalue weighted by atomic mass is 9.96. The molecule has 0 fully saturated rings. The molecule has 110 valence electrons. The van der Waals surface area contributed by atoms with E-state index in [1.54, 1.807) is 0 Å². The Morgan fingerprint density at radius 2 is 1.43 bits per heavy atom. The quantitative estimate of drug-likeness (QED) is 0.657. The van der Waals surface area contributed by atoms with Crippen LogP contribution in [0.5, 0.6) is 0 Å². The van der Waals surface area contributed by atoms with E-state index in [1.165, 1.54) is 0 Å². The van der Waals surface area contributed by atoms with E-state index >= 15 is 0 Å². The van der Waals surface area contributed by atoms with E-state index in [-0.39, 0.29) is 7.33 Å². The van der Waals surface area contributed by atoms with Crippen molar-refractivity contribution in [3.05, 3.63) is 60.2 Å². The molecule has 0 bridgehead atoms. The zero-order valence-electron chi connectivity index (χ0n) is 12.8. The van der Waals surface area contributed by atoms with Crippen LogP contribution in [-0.2, 0) is 0 Å². The summed E-state index contributed by atoms with van der Waals surface area (Å²) >= 11 is 0. The fourth-order valence-corrected chi connectivity index (χ4v) is 2.51. The first-order valence-electron chi connectivity index (χ1n) is 7.50. The number of hydrogen-bond acceptors (Lipinski definition) is 1. The Balaban J connectivity index is 0.000000775. The van der Waals surface area contributed by atoms with Crippen LogP contribution in [-0.4, -0.2) is 12.5 Å². The van der Waals surface area contributed by atoms with Crippen LogP contribution >= 0.6 is 0 Å². The number of nitrogens with one attached hydrogen (secondary N) is 1. The summed E-state index contributed by atoms with van der Waals surface area (Å²) in [5.41, 5.74) is 0.774. The number of carbonyl (C=O) groups is 1. The van der Waals surface area contributed by atoms with Gasteiger partial charge < -0.3 is 5.32 Å². The molecule has 0 saturated carbocycles. The van der Waals surface area contributed by atoms with Gasteiger partial charge in [0, 0.05) is 7.97 Å². The van der Waals surface area contributed by atoms with Crippen LogP contribution in [0.4, 0.5) is 0 Å². The Morgan fingerprint density at radius 3 is 1.90 bits per heavy atom. The average Bonchev–Trinajstić information content (AvgIpc) is 2.54. The van der Waals surface area contributed by atoms with E-state index < -0.39 is 0 Å². The summed E-state index contributed by atoms with van der Waals surface area (Å²) in [5.74, 6) is -0.00417. The van der Waals surface area contributed by atoms with Gasteiger partial charge in [-0.1, -0.05) is 62.4 Å². The first-order chi connectivity index (χ1) is 10.3. The topological polar surface area (TPSA) is 29.1 Å². The fraction of sp³-hybridized carbons (Fsp3) is 0.211. The van der Waals surface area contributed by atoms with Gasteiger partial charge in [-0.3, -0.25) is 4.79 Å². The Morgan fingerprint density at radius 1 is 0.952 bits per heavy atom. The molecule has 0 aliphatic rings. The highest BCUT2D eigenvalue weighted by molar-refractivity contribution is 6.18. The summed E-state index contributed by atoms with van der Waals surface area (Å²) < 4.78 is 0. The highest BCUT2D eigenvalue weighted by Gasteiger charge is 2.13. The zero-order chi connectivity index (χ0) is 15.2. The number of rotatable bonds is 2. The van der Waals surface area contributed by atoms with E-state index in [2.05, 4.69) is 11.4 Å². The van der Waals surface area contributed by atoms with Crippen molar-refractivity contribution >= 4 is 27.5 Å². The molecule has 0 aliphatic carbocycles. The molecule has 3 aromatic rings. The van der Waals surface area contributed by atoms with Gasteiger partial charge in [-0.25, -0.2) is 0 Å². The molecule has 0 atom stereocenters. The minimum Gasteiger partial charge on any atom is -0.352 e. The Kier molecular flexibility index (Phi) is 4.94. The minimum absolute atomic E-state index is 0. The van der Waals surface area contributed by atoms with Crippen molar-refractivity contribution in [3.8, 4) is 0 Å². The van der Waals surface area contributed by atoms with Crippen molar-refractivity contribution < 1.29 is 6.22 Å². The fourth-order valence-electron chi connectivity index (χ4n) is 2.51. The molecule has 0 heterocycles. The number of fused-ring (bicyclic) bond motifs is 2. The lowest BCUT2D eigenvalue weighted by Gasteiger charge is -2.11. The predicted molar refractivity (Wildman–Crippen MR) is 92.9 cm³/mol. The van der Waals surface area contributed by atoms with Gasteiger partial charge in [0.1, 0.15) is 0 Å². The third-order valence-corrected chi connectivity index (χ3v) is 3.34. The Bertz CT molecular complexity index is 714. The van der Waals surface area contributed by atoms with Crippen molar-refractivity contribution in [2.24, 2.45) is 0 Å². The Labute approximate surface area is 127 Å². The molecule has 0 radical (unpaired) electrons. The molecule has 0 aromatic heterocycles. The molecule has 1 amide bonds. The SMILES string of the molecule is CC.CCNC(=O)c1c2ccccc2cc2ccccc12.[HH]. The maximum absolute atomic E-state index is 12.4. The van der Waals surface area contributed by atoms with Gasteiger partial charge in [0.25, 0.3) is 5.91 Å². The maximum Gasteiger partial charge on any atom is 0.252 e. The van der Waals surface area contributed by atoms with Crippen LogP contribution in [0.3, 0.4) is 0 Å². The second kappa shape index (κ2) is 6.89. The molecule has 0 unspecified atom stereocenters. The molecule has 2 nitrogen and oxygen atoms in total. The molecular formula is C19H23NO. The Hall–Kier alpha value is -2.35. The first kappa shape index (κ1) is 15.0. The van der Waals surface area contributed by atoms with Crippen LogP contribution in [0.2, 0.25) is 0 Å². The molecule has 3 rings (SSSR count). The largest absolute Gasteiger partial charge is 0.352 e. The summed E-state index contributed by atoms with van der Waals surface area (Å²) in [6.45, 7) is 6.57. The molecule has 0 aliphatic heterocycles.